The van der Waals surface area contributed by atoms with Crippen LogP contribution in [0.1, 0.15) is 26.7 Å². The van der Waals surface area contributed by atoms with Gasteiger partial charge < -0.3 is 4.90 Å². The molecule has 116 valence electrons. The number of non-ortho nitro benzene ring substituents is 1. The van der Waals surface area contributed by atoms with Crippen molar-refractivity contribution in [1.82, 2.24) is 0 Å². The van der Waals surface area contributed by atoms with Crippen LogP contribution in [0, 0.1) is 10.1 Å². The van der Waals surface area contributed by atoms with Crippen LogP contribution < -0.4 is 4.90 Å². The third-order valence-corrected chi connectivity index (χ3v) is 6.81. The van der Waals surface area contributed by atoms with Crippen molar-refractivity contribution >= 4 is 33.8 Å². The first-order valence-corrected chi connectivity index (χ1v) is 8.70. The zero-order valence-electron chi connectivity index (χ0n) is 12.2. The van der Waals surface area contributed by atoms with Gasteiger partial charge in [-0.25, -0.2) is 0 Å². The van der Waals surface area contributed by atoms with Crippen molar-refractivity contribution < 1.29 is 9.13 Å². The number of halogens is 1. The molecule has 0 aromatic heterocycles. The van der Waals surface area contributed by atoms with Crippen LogP contribution in [0.3, 0.4) is 0 Å². The van der Waals surface area contributed by atoms with Gasteiger partial charge >= 0.3 is 0 Å². The molecule has 0 spiro atoms. The first kappa shape index (κ1) is 16.2. The van der Waals surface area contributed by atoms with Crippen molar-refractivity contribution in [3.05, 3.63) is 33.3 Å². The summed E-state index contributed by atoms with van der Waals surface area (Å²) in [7, 11) is -0.842. The number of hydrogen-bond acceptors (Lipinski definition) is 4. The van der Waals surface area contributed by atoms with Gasteiger partial charge in [0.25, 0.3) is 5.69 Å². The zero-order valence-corrected chi connectivity index (χ0v) is 13.7. The molecule has 1 saturated heterocycles. The fraction of sp³-hybridized carbons (Fsp3) is 0.571. The molecule has 1 aliphatic rings. The average Bonchev–Trinajstić information content (AvgIpc) is 2.48. The van der Waals surface area contributed by atoms with Gasteiger partial charge in [-0.05, 0) is 18.9 Å². The summed E-state index contributed by atoms with van der Waals surface area (Å²) in [6, 6.07) is 4.53. The van der Waals surface area contributed by atoms with E-state index in [0.717, 1.165) is 18.5 Å². The van der Waals surface area contributed by atoms with E-state index < -0.39 is 15.7 Å². The van der Waals surface area contributed by atoms with Gasteiger partial charge in [-0.2, -0.15) is 0 Å². The first-order valence-electron chi connectivity index (χ1n) is 7.01. The maximum atomic E-state index is 12.3. The molecule has 5 nitrogen and oxygen atoms in total. The Bertz CT molecular complexity index is 575. The van der Waals surface area contributed by atoms with Gasteiger partial charge in [0.15, 0.2) is 0 Å². The first-order chi connectivity index (χ1) is 9.93. The molecule has 0 amide bonds. The standard InChI is InChI=1S/C14H19ClN2O3S/c1-3-14(4-2)10-16(7-8-21(14)20)13-6-5-11(17(18)19)9-12(13)15/h5-6,9H,3-4,7-8,10H2,1-2H3. The molecule has 7 heteroatoms. The van der Waals surface area contributed by atoms with Gasteiger partial charge in [0, 0.05) is 41.8 Å². The number of benzene rings is 1. The van der Waals surface area contributed by atoms with Crippen molar-refractivity contribution in [3.8, 4) is 0 Å². The highest BCUT2D eigenvalue weighted by Crippen LogP contribution is 2.35. The van der Waals surface area contributed by atoms with E-state index in [9.17, 15) is 14.3 Å². The molecule has 1 aromatic rings. The molecule has 0 bridgehead atoms. The Morgan fingerprint density at radius 1 is 1.43 bits per heavy atom. The molecule has 1 atom stereocenters. The molecule has 0 radical (unpaired) electrons. The fourth-order valence-electron chi connectivity index (χ4n) is 2.78. The zero-order chi connectivity index (χ0) is 15.6. The number of anilines is 1. The van der Waals surface area contributed by atoms with E-state index in [2.05, 4.69) is 18.7 Å². The molecule has 1 aliphatic heterocycles. The normalized spacial score (nSPS) is 21.3. The van der Waals surface area contributed by atoms with Crippen LogP contribution in [-0.4, -0.2) is 32.7 Å². The SMILES string of the molecule is CCC1(CC)CN(c2ccc([N+](=O)[O-])cc2Cl)CCS1=O. The van der Waals surface area contributed by atoms with E-state index >= 15 is 0 Å². The molecule has 1 unspecified atom stereocenters. The summed E-state index contributed by atoms with van der Waals surface area (Å²) in [6.45, 7) is 5.45. The minimum absolute atomic E-state index is 0.0124. The Kier molecular flexibility index (Phi) is 4.88. The second kappa shape index (κ2) is 6.32. The lowest BCUT2D eigenvalue weighted by atomic mass is 10.0. The molecular formula is C14H19ClN2O3S. The minimum atomic E-state index is -0.842. The molecule has 2 rings (SSSR count). The molecule has 1 aromatic carbocycles. The van der Waals surface area contributed by atoms with E-state index in [1.807, 2.05) is 0 Å². The quantitative estimate of drug-likeness (QED) is 0.627. The molecule has 21 heavy (non-hydrogen) atoms. The lowest BCUT2D eigenvalue weighted by Gasteiger charge is -2.42. The van der Waals surface area contributed by atoms with Crippen molar-refractivity contribution in [1.29, 1.82) is 0 Å². The van der Waals surface area contributed by atoms with Gasteiger partial charge in [-0.1, -0.05) is 25.4 Å². The number of nitrogens with zero attached hydrogens (tertiary/aromatic N) is 2. The predicted molar refractivity (Wildman–Crippen MR) is 86.6 cm³/mol. The van der Waals surface area contributed by atoms with Crippen molar-refractivity contribution in [3.63, 3.8) is 0 Å². The lowest BCUT2D eigenvalue weighted by molar-refractivity contribution is -0.384. The smallest absolute Gasteiger partial charge is 0.271 e. The van der Waals surface area contributed by atoms with E-state index in [4.69, 9.17) is 11.6 Å². The number of nitro benzene ring substituents is 1. The predicted octanol–water partition coefficient (Wildman–Crippen LogP) is 3.38. The van der Waals surface area contributed by atoms with Gasteiger partial charge in [0.1, 0.15) is 0 Å². The highest BCUT2D eigenvalue weighted by atomic mass is 35.5. The fourth-order valence-corrected chi connectivity index (χ4v) is 4.83. The van der Waals surface area contributed by atoms with Crippen LogP contribution in [0.2, 0.25) is 5.02 Å². The molecule has 0 N–H and O–H groups in total. The van der Waals surface area contributed by atoms with E-state index in [-0.39, 0.29) is 10.4 Å². The Hall–Kier alpha value is -1.14. The largest absolute Gasteiger partial charge is 0.368 e. The Labute approximate surface area is 131 Å². The van der Waals surface area contributed by atoms with Gasteiger partial charge in [-0.15, -0.1) is 0 Å². The summed E-state index contributed by atoms with van der Waals surface area (Å²) < 4.78 is 12.1. The number of nitro groups is 1. The second-order valence-corrected chi connectivity index (χ2v) is 7.63. The molecule has 0 aliphatic carbocycles. The number of hydrogen-bond donors (Lipinski definition) is 0. The molecule has 1 heterocycles. The monoisotopic (exact) mass is 330 g/mol. The Balaban J connectivity index is 2.30. The molecule has 0 saturated carbocycles. The molecular weight excluding hydrogens is 312 g/mol. The third kappa shape index (κ3) is 3.06. The van der Waals surface area contributed by atoms with E-state index in [1.54, 1.807) is 6.07 Å². The second-order valence-electron chi connectivity index (χ2n) is 5.25. The van der Waals surface area contributed by atoms with Crippen LogP contribution in [0.4, 0.5) is 11.4 Å². The van der Waals surface area contributed by atoms with E-state index in [0.29, 0.717) is 23.9 Å². The summed E-state index contributed by atoms with van der Waals surface area (Å²) in [6.07, 6.45) is 1.69. The van der Waals surface area contributed by atoms with Crippen LogP contribution in [0.15, 0.2) is 18.2 Å². The lowest BCUT2D eigenvalue weighted by Crippen LogP contribution is -2.53. The minimum Gasteiger partial charge on any atom is -0.368 e. The Morgan fingerprint density at radius 3 is 2.62 bits per heavy atom. The summed E-state index contributed by atoms with van der Waals surface area (Å²) in [4.78, 5) is 12.4. The van der Waals surface area contributed by atoms with Crippen molar-refractivity contribution in [2.24, 2.45) is 0 Å². The maximum Gasteiger partial charge on any atom is 0.271 e. The van der Waals surface area contributed by atoms with Crippen LogP contribution in [-0.2, 0) is 10.8 Å². The number of rotatable bonds is 4. The van der Waals surface area contributed by atoms with Gasteiger partial charge in [-0.3, -0.25) is 14.3 Å². The highest BCUT2D eigenvalue weighted by Gasteiger charge is 2.39. The van der Waals surface area contributed by atoms with Crippen LogP contribution in [0.25, 0.3) is 0 Å². The van der Waals surface area contributed by atoms with Gasteiger partial charge in [0.2, 0.25) is 0 Å². The summed E-state index contributed by atoms with van der Waals surface area (Å²) >= 11 is 6.20. The summed E-state index contributed by atoms with van der Waals surface area (Å²) in [5.74, 6) is 0.606. The summed E-state index contributed by atoms with van der Waals surface area (Å²) in [5, 5.41) is 11.1. The van der Waals surface area contributed by atoms with Crippen LogP contribution >= 0.6 is 11.6 Å². The Morgan fingerprint density at radius 2 is 2.10 bits per heavy atom. The van der Waals surface area contributed by atoms with Crippen molar-refractivity contribution in [2.45, 2.75) is 31.4 Å². The van der Waals surface area contributed by atoms with Crippen LogP contribution in [0.5, 0.6) is 0 Å². The summed E-state index contributed by atoms with van der Waals surface area (Å²) in [5.41, 5.74) is 0.770. The third-order valence-electron chi connectivity index (χ3n) is 4.28. The van der Waals surface area contributed by atoms with Crippen molar-refractivity contribution in [2.75, 3.05) is 23.7 Å². The van der Waals surface area contributed by atoms with E-state index in [1.165, 1.54) is 12.1 Å². The maximum absolute atomic E-state index is 12.3. The van der Waals surface area contributed by atoms with Gasteiger partial charge in [0.05, 0.1) is 20.4 Å². The molecule has 1 fully saturated rings. The average molecular weight is 331 g/mol. The highest BCUT2D eigenvalue weighted by molar-refractivity contribution is 7.86. The topological polar surface area (TPSA) is 63.4 Å².